The fourth-order valence-electron chi connectivity index (χ4n) is 1.34. The first-order chi connectivity index (χ1) is 6.70. The van der Waals surface area contributed by atoms with Crippen molar-refractivity contribution in [2.24, 2.45) is 0 Å². The Kier molecular flexibility index (Phi) is 1.92. The van der Waals surface area contributed by atoms with Crippen molar-refractivity contribution in [1.82, 2.24) is 0 Å². The first-order valence-electron chi connectivity index (χ1n) is 4.11. The van der Waals surface area contributed by atoms with Crippen molar-refractivity contribution in [2.75, 3.05) is 18.2 Å². The molecule has 5 nitrogen and oxygen atoms in total. The minimum Gasteiger partial charge on any atom is -0.495 e. The number of ether oxygens (including phenoxy) is 2. The van der Waals surface area contributed by atoms with Gasteiger partial charge in [-0.2, -0.15) is 0 Å². The molecule has 14 heavy (non-hydrogen) atoms. The quantitative estimate of drug-likeness (QED) is 0.661. The van der Waals surface area contributed by atoms with E-state index in [-0.39, 0.29) is 6.61 Å². The second-order valence-electron chi connectivity index (χ2n) is 2.95. The number of nitrogens with one attached hydrogen (secondary N) is 1. The van der Waals surface area contributed by atoms with Crippen molar-refractivity contribution >= 4 is 17.5 Å². The topological polar surface area (TPSA) is 73.6 Å². The van der Waals surface area contributed by atoms with E-state index in [0.717, 1.165) is 5.56 Å². The van der Waals surface area contributed by atoms with Gasteiger partial charge in [0.15, 0.2) is 0 Å². The van der Waals surface area contributed by atoms with Gasteiger partial charge in [-0.3, -0.25) is 5.32 Å². The molecule has 0 fully saturated rings. The summed E-state index contributed by atoms with van der Waals surface area (Å²) in [6.45, 7) is 0.248. The third-order valence-corrected chi connectivity index (χ3v) is 2.05. The van der Waals surface area contributed by atoms with Crippen LogP contribution in [0.25, 0.3) is 0 Å². The lowest BCUT2D eigenvalue weighted by molar-refractivity contribution is 0.151. The first kappa shape index (κ1) is 8.68. The molecule has 0 aliphatic carbocycles. The highest BCUT2D eigenvalue weighted by Gasteiger charge is 2.17. The Morgan fingerprint density at radius 1 is 1.57 bits per heavy atom. The van der Waals surface area contributed by atoms with E-state index in [9.17, 15) is 4.79 Å². The summed E-state index contributed by atoms with van der Waals surface area (Å²) in [5.74, 6) is 0.587. The minimum atomic E-state index is -0.456. The molecule has 1 aromatic rings. The molecule has 5 heteroatoms. The zero-order chi connectivity index (χ0) is 10.1. The number of rotatable bonds is 1. The van der Waals surface area contributed by atoms with Gasteiger partial charge in [0.2, 0.25) is 0 Å². The smallest absolute Gasteiger partial charge is 0.411 e. The number of fused-ring (bicyclic) bond motifs is 1. The van der Waals surface area contributed by atoms with Gasteiger partial charge >= 0.3 is 6.09 Å². The molecule has 1 amide bonds. The number of amides is 1. The summed E-state index contributed by atoms with van der Waals surface area (Å²) in [5, 5.41) is 2.56. The fraction of sp³-hybridized carbons (Fsp3) is 0.222. The van der Waals surface area contributed by atoms with Gasteiger partial charge in [0.25, 0.3) is 0 Å². The average molecular weight is 194 g/mol. The molecular weight excluding hydrogens is 184 g/mol. The Morgan fingerprint density at radius 3 is 3.07 bits per heavy atom. The molecule has 0 unspecified atom stereocenters. The van der Waals surface area contributed by atoms with Gasteiger partial charge in [-0.15, -0.1) is 0 Å². The molecule has 1 heterocycles. The largest absolute Gasteiger partial charge is 0.495 e. The third kappa shape index (κ3) is 1.32. The van der Waals surface area contributed by atoms with Crippen LogP contribution < -0.4 is 15.8 Å². The van der Waals surface area contributed by atoms with Crippen LogP contribution >= 0.6 is 0 Å². The van der Waals surface area contributed by atoms with Crippen molar-refractivity contribution in [3.63, 3.8) is 0 Å². The molecule has 74 valence electrons. The maximum atomic E-state index is 10.9. The normalized spacial score (nSPS) is 13.9. The Bertz CT molecular complexity index is 390. The predicted molar refractivity (Wildman–Crippen MR) is 51.2 cm³/mol. The number of nitrogens with two attached hydrogens (primary N) is 1. The van der Waals surface area contributed by atoms with E-state index < -0.39 is 6.09 Å². The van der Waals surface area contributed by atoms with Crippen LogP contribution in [0, 0.1) is 0 Å². The Hall–Kier alpha value is -1.91. The van der Waals surface area contributed by atoms with E-state index in [0.29, 0.717) is 17.1 Å². The van der Waals surface area contributed by atoms with Gasteiger partial charge in [-0.25, -0.2) is 4.79 Å². The monoisotopic (exact) mass is 194 g/mol. The van der Waals surface area contributed by atoms with Gasteiger partial charge in [-0.05, 0) is 12.1 Å². The summed E-state index contributed by atoms with van der Waals surface area (Å²) in [4.78, 5) is 10.9. The first-order valence-corrected chi connectivity index (χ1v) is 4.11. The lowest BCUT2D eigenvalue weighted by Gasteiger charge is -2.18. The van der Waals surface area contributed by atoms with Crippen molar-refractivity contribution in [3.8, 4) is 5.75 Å². The summed E-state index contributed by atoms with van der Waals surface area (Å²) in [6.07, 6.45) is -0.456. The molecular formula is C9H10N2O3. The molecule has 1 aliphatic heterocycles. The number of anilines is 2. The summed E-state index contributed by atoms with van der Waals surface area (Å²) < 4.78 is 9.84. The molecule has 0 saturated carbocycles. The van der Waals surface area contributed by atoms with Crippen molar-refractivity contribution in [2.45, 2.75) is 6.61 Å². The van der Waals surface area contributed by atoms with E-state index in [1.807, 2.05) is 0 Å². The van der Waals surface area contributed by atoms with Crippen LogP contribution in [-0.4, -0.2) is 13.2 Å². The Morgan fingerprint density at radius 2 is 2.36 bits per heavy atom. The number of hydrogen-bond acceptors (Lipinski definition) is 4. The summed E-state index contributed by atoms with van der Waals surface area (Å²) >= 11 is 0. The molecule has 3 N–H and O–H groups in total. The van der Waals surface area contributed by atoms with Gasteiger partial charge in [-0.1, -0.05) is 0 Å². The van der Waals surface area contributed by atoms with Gasteiger partial charge in [0.05, 0.1) is 18.5 Å². The zero-order valence-corrected chi connectivity index (χ0v) is 7.66. The SMILES string of the molecule is COc1cc2c(cc1N)NC(=O)OC2. The second-order valence-corrected chi connectivity index (χ2v) is 2.95. The molecule has 0 saturated heterocycles. The number of hydrogen-bond donors (Lipinski definition) is 2. The molecule has 0 radical (unpaired) electrons. The second kappa shape index (κ2) is 3.10. The lowest BCUT2D eigenvalue weighted by Crippen LogP contribution is -2.20. The number of nitrogen functional groups attached to an aromatic ring is 1. The van der Waals surface area contributed by atoms with E-state index in [1.54, 1.807) is 19.2 Å². The van der Waals surface area contributed by atoms with Gasteiger partial charge in [0, 0.05) is 5.56 Å². The van der Waals surface area contributed by atoms with E-state index in [4.69, 9.17) is 15.2 Å². The summed E-state index contributed by atoms with van der Waals surface area (Å²) in [7, 11) is 1.54. The Labute approximate surface area is 80.8 Å². The molecule has 0 atom stereocenters. The fourth-order valence-corrected chi connectivity index (χ4v) is 1.34. The number of benzene rings is 1. The van der Waals surface area contributed by atoms with Crippen LogP contribution in [-0.2, 0) is 11.3 Å². The number of carbonyl (C=O) groups is 1. The van der Waals surface area contributed by atoms with Gasteiger partial charge in [0.1, 0.15) is 12.4 Å². The number of cyclic esters (lactones) is 1. The van der Waals surface area contributed by atoms with Crippen molar-refractivity contribution < 1.29 is 14.3 Å². The molecule has 0 spiro atoms. The maximum absolute atomic E-state index is 10.9. The van der Waals surface area contributed by atoms with Crippen LogP contribution in [0.1, 0.15) is 5.56 Å². The number of methoxy groups -OCH3 is 1. The Balaban J connectivity index is 2.45. The van der Waals surface area contributed by atoms with Crippen LogP contribution in [0.5, 0.6) is 5.75 Å². The minimum absolute atomic E-state index is 0.248. The highest BCUT2D eigenvalue weighted by molar-refractivity contribution is 5.89. The number of carbonyl (C=O) groups excluding carboxylic acids is 1. The summed E-state index contributed by atoms with van der Waals surface area (Å²) in [6, 6.07) is 3.42. The van der Waals surface area contributed by atoms with Crippen LogP contribution in [0.15, 0.2) is 12.1 Å². The third-order valence-electron chi connectivity index (χ3n) is 2.05. The standard InChI is InChI=1S/C9H10N2O3/c1-13-8-2-5-4-14-9(12)11-7(5)3-6(8)10/h2-3H,4,10H2,1H3,(H,11,12). The predicted octanol–water partition coefficient (Wildman–Crippen LogP) is 1.34. The highest BCUT2D eigenvalue weighted by Crippen LogP contribution is 2.31. The molecule has 1 aromatic carbocycles. The van der Waals surface area contributed by atoms with E-state index >= 15 is 0 Å². The lowest BCUT2D eigenvalue weighted by atomic mass is 10.1. The summed E-state index contributed by atoms with van der Waals surface area (Å²) in [5.41, 5.74) is 7.71. The van der Waals surface area contributed by atoms with Crippen LogP contribution in [0.3, 0.4) is 0 Å². The van der Waals surface area contributed by atoms with Gasteiger partial charge < -0.3 is 15.2 Å². The average Bonchev–Trinajstić information content (AvgIpc) is 2.16. The van der Waals surface area contributed by atoms with E-state index in [2.05, 4.69) is 5.32 Å². The van der Waals surface area contributed by atoms with Crippen LogP contribution in [0.4, 0.5) is 16.2 Å². The zero-order valence-electron chi connectivity index (χ0n) is 7.66. The van der Waals surface area contributed by atoms with Crippen LogP contribution in [0.2, 0.25) is 0 Å². The molecule has 2 rings (SSSR count). The highest BCUT2D eigenvalue weighted by atomic mass is 16.5. The molecule has 0 bridgehead atoms. The molecule has 0 aromatic heterocycles. The molecule has 1 aliphatic rings. The van der Waals surface area contributed by atoms with Crippen molar-refractivity contribution in [1.29, 1.82) is 0 Å². The van der Waals surface area contributed by atoms with Crippen molar-refractivity contribution in [3.05, 3.63) is 17.7 Å². The maximum Gasteiger partial charge on any atom is 0.411 e. The van der Waals surface area contributed by atoms with E-state index in [1.165, 1.54) is 0 Å².